The first kappa shape index (κ1) is 18.2. The fourth-order valence-corrected chi connectivity index (χ4v) is 3.16. The van der Waals surface area contributed by atoms with Gasteiger partial charge in [0.2, 0.25) is 0 Å². The van der Waals surface area contributed by atoms with Crippen LogP contribution < -0.4 is 10.6 Å². The quantitative estimate of drug-likeness (QED) is 0.800. The number of hydrogen-bond donors (Lipinski definition) is 2. The lowest BCUT2D eigenvalue weighted by molar-refractivity contribution is -0.136. The molecule has 24 heavy (non-hydrogen) atoms. The number of thiazole rings is 1. The number of amides is 3. The minimum atomic E-state index is -0.725. The van der Waals surface area contributed by atoms with Gasteiger partial charge in [-0.1, -0.05) is 0 Å². The summed E-state index contributed by atoms with van der Waals surface area (Å²) in [5, 5.41) is 5.63. The van der Waals surface area contributed by atoms with Crippen LogP contribution in [0.25, 0.3) is 0 Å². The van der Waals surface area contributed by atoms with E-state index in [1.54, 1.807) is 11.8 Å². The third kappa shape index (κ3) is 4.67. The Balaban J connectivity index is 1.78. The van der Waals surface area contributed by atoms with Crippen molar-refractivity contribution in [2.24, 2.45) is 0 Å². The van der Waals surface area contributed by atoms with Gasteiger partial charge in [-0.05, 0) is 33.6 Å². The third-order valence-electron chi connectivity index (χ3n) is 3.81. The Labute approximate surface area is 144 Å². The lowest BCUT2D eigenvalue weighted by Gasteiger charge is -2.31. The summed E-state index contributed by atoms with van der Waals surface area (Å²) in [5.74, 6) is -1.41. The number of rotatable bonds is 3. The second kappa shape index (κ2) is 8.09. The third-order valence-corrected chi connectivity index (χ3v) is 4.80. The molecule has 0 radical (unpaired) electrons. The van der Waals surface area contributed by atoms with Crippen molar-refractivity contribution in [3.05, 3.63) is 10.6 Å². The highest BCUT2D eigenvalue weighted by molar-refractivity contribution is 7.15. The van der Waals surface area contributed by atoms with Gasteiger partial charge < -0.3 is 15.0 Å². The molecule has 0 saturated carbocycles. The van der Waals surface area contributed by atoms with Crippen molar-refractivity contribution in [3.63, 3.8) is 0 Å². The lowest BCUT2D eigenvalue weighted by Crippen LogP contribution is -2.49. The predicted octanol–water partition coefficient (Wildman–Crippen LogP) is 1.44. The lowest BCUT2D eigenvalue weighted by atomic mass is 10.1. The van der Waals surface area contributed by atoms with E-state index in [1.807, 2.05) is 13.8 Å². The zero-order valence-electron chi connectivity index (χ0n) is 14.0. The fraction of sp³-hybridized carbons (Fsp3) is 0.600. The molecule has 0 bridgehead atoms. The number of nitrogens with one attached hydrogen (secondary N) is 2. The van der Waals surface area contributed by atoms with Gasteiger partial charge in [0.15, 0.2) is 5.13 Å². The van der Waals surface area contributed by atoms with Gasteiger partial charge in [-0.2, -0.15) is 0 Å². The summed E-state index contributed by atoms with van der Waals surface area (Å²) in [6.45, 7) is 6.84. The monoisotopic (exact) mass is 354 g/mol. The Morgan fingerprint density at radius 1 is 1.25 bits per heavy atom. The highest BCUT2D eigenvalue weighted by Crippen LogP contribution is 2.20. The molecule has 0 aliphatic carbocycles. The molecule has 0 aromatic carbocycles. The molecule has 1 aliphatic heterocycles. The van der Waals surface area contributed by atoms with Crippen molar-refractivity contribution in [2.45, 2.75) is 39.7 Å². The molecule has 0 spiro atoms. The summed E-state index contributed by atoms with van der Waals surface area (Å²) in [7, 11) is 0. The molecule has 132 valence electrons. The van der Waals surface area contributed by atoms with Crippen molar-refractivity contribution in [2.75, 3.05) is 25.0 Å². The van der Waals surface area contributed by atoms with Crippen LogP contribution in [-0.2, 0) is 14.3 Å². The Kier molecular flexibility index (Phi) is 6.13. The number of nitrogens with zero attached hydrogens (tertiary/aromatic N) is 2. The summed E-state index contributed by atoms with van der Waals surface area (Å²) in [6, 6.07) is -0.131. The molecule has 8 nitrogen and oxygen atoms in total. The number of carbonyl (C=O) groups excluding carboxylic acids is 3. The van der Waals surface area contributed by atoms with Crippen LogP contribution in [0.1, 0.15) is 30.3 Å². The van der Waals surface area contributed by atoms with E-state index in [2.05, 4.69) is 15.6 Å². The largest absolute Gasteiger partial charge is 0.450 e. The van der Waals surface area contributed by atoms with Gasteiger partial charge in [0.05, 0.1) is 12.3 Å². The number of piperidine rings is 1. The summed E-state index contributed by atoms with van der Waals surface area (Å²) >= 11 is 1.33. The molecule has 1 saturated heterocycles. The molecule has 1 aliphatic rings. The van der Waals surface area contributed by atoms with Gasteiger partial charge >= 0.3 is 17.9 Å². The van der Waals surface area contributed by atoms with Crippen LogP contribution in [0.3, 0.4) is 0 Å². The van der Waals surface area contributed by atoms with Crippen LogP contribution in [-0.4, -0.2) is 53.5 Å². The van der Waals surface area contributed by atoms with E-state index in [0.29, 0.717) is 37.7 Å². The number of ether oxygens (including phenoxy) is 1. The minimum absolute atomic E-state index is 0.131. The standard InChI is InChI=1S/C15H22N4O4S/c1-4-23-15(22)19-7-5-11(6-8-19)17-12(20)13(21)18-14-16-9(2)10(3)24-14/h11H,4-8H2,1-3H3,(H,17,20)(H,16,18,21). The van der Waals surface area contributed by atoms with Crippen molar-refractivity contribution in [3.8, 4) is 0 Å². The fourth-order valence-electron chi connectivity index (χ4n) is 2.35. The molecule has 0 unspecified atom stereocenters. The Bertz CT molecular complexity index is 603. The summed E-state index contributed by atoms with van der Waals surface area (Å²) in [5.41, 5.74) is 0.835. The summed E-state index contributed by atoms with van der Waals surface area (Å²) < 4.78 is 4.94. The van der Waals surface area contributed by atoms with Gasteiger partial charge in [0.1, 0.15) is 0 Å². The number of hydrogen-bond acceptors (Lipinski definition) is 6. The molecule has 0 atom stereocenters. The Hall–Kier alpha value is -2.16. The smallest absolute Gasteiger partial charge is 0.409 e. The molecule has 1 fully saturated rings. The molecular weight excluding hydrogens is 332 g/mol. The Morgan fingerprint density at radius 3 is 2.46 bits per heavy atom. The maximum Gasteiger partial charge on any atom is 0.409 e. The number of aromatic nitrogens is 1. The van der Waals surface area contributed by atoms with Crippen LogP contribution in [0.2, 0.25) is 0 Å². The maximum absolute atomic E-state index is 12.0. The maximum atomic E-state index is 12.0. The van der Waals surface area contributed by atoms with Crippen LogP contribution in [0.4, 0.5) is 9.93 Å². The van der Waals surface area contributed by atoms with Crippen LogP contribution in [0, 0.1) is 13.8 Å². The van der Waals surface area contributed by atoms with E-state index in [0.717, 1.165) is 10.6 Å². The van der Waals surface area contributed by atoms with Crippen LogP contribution >= 0.6 is 11.3 Å². The topological polar surface area (TPSA) is 101 Å². The average Bonchev–Trinajstić information content (AvgIpc) is 2.86. The van der Waals surface area contributed by atoms with E-state index in [1.165, 1.54) is 11.3 Å². The second-order valence-corrected chi connectivity index (χ2v) is 6.75. The highest BCUT2D eigenvalue weighted by atomic mass is 32.1. The van der Waals surface area contributed by atoms with Gasteiger partial charge in [0, 0.05) is 24.0 Å². The van der Waals surface area contributed by atoms with Crippen molar-refractivity contribution >= 4 is 34.4 Å². The first-order valence-corrected chi connectivity index (χ1v) is 8.70. The van der Waals surface area contributed by atoms with Gasteiger partial charge in [-0.15, -0.1) is 11.3 Å². The van der Waals surface area contributed by atoms with E-state index in [9.17, 15) is 14.4 Å². The molecule has 2 heterocycles. The zero-order chi connectivity index (χ0) is 17.7. The highest BCUT2D eigenvalue weighted by Gasteiger charge is 2.26. The predicted molar refractivity (Wildman–Crippen MR) is 90.0 cm³/mol. The SMILES string of the molecule is CCOC(=O)N1CCC(NC(=O)C(=O)Nc2nc(C)c(C)s2)CC1. The summed E-state index contributed by atoms with van der Waals surface area (Å²) in [4.78, 5) is 42.3. The second-order valence-electron chi connectivity index (χ2n) is 5.55. The average molecular weight is 354 g/mol. The van der Waals surface area contributed by atoms with Gasteiger partial charge in [-0.3, -0.25) is 14.9 Å². The normalized spacial score (nSPS) is 15.0. The van der Waals surface area contributed by atoms with E-state index >= 15 is 0 Å². The molecule has 1 aromatic rings. The number of likely N-dealkylation sites (tertiary alicyclic amines) is 1. The zero-order valence-corrected chi connectivity index (χ0v) is 14.9. The van der Waals surface area contributed by atoms with E-state index in [4.69, 9.17) is 4.74 Å². The Morgan fingerprint density at radius 2 is 1.92 bits per heavy atom. The first-order valence-electron chi connectivity index (χ1n) is 7.88. The molecule has 3 amide bonds. The molecular formula is C15H22N4O4S. The van der Waals surface area contributed by atoms with E-state index in [-0.39, 0.29) is 12.1 Å². The minimum Gasteiger partial charge on any atom is -0.450 e. The summed E-state index contributed by atoms with van der Waals surface area (Å²) in [6.07, 6.45) is 0.843. The van der Waals surface area contributed by atoms with Crippen molar-refractivity contribution in [1.29, 1.82) is 0 Å². The van der Waals surface area contributed by atoms with Crippen molar-refractivity contribution < 1.29 is 19.1 Å². The number of anilines is 1. The molecule has 1 aromatic heterocycles. The first-order chi connectivity index (χ1) is 11.4. The van der Waals surface area contributed by atoms with E-state index < -0.39 is 11.8 Å². The van der Waals surface area contributed by atoms with Gasteiger partial charge in [0.25, 0.3) is 0 Å². The van der Waals surface area contributed by atoms with Gasteiger partial charge in [-0.25, -0.2) is 9.78 Å². The van der Waals surface area contributed by atoms with Crippen LogP contribution in [0.5, 0.6) is 0 Å². The van der Waals surface area contributed by atoms with Crippen molar-refractivity contribution in [1.82, 2.24) is 15.2 Å². The number of carbonyl (C=O) groups is 3. The molecule has 9 heteroatoms. The number of aryl methyl sites for hydroxylation is 2. The molecule has 2 N–H and O–H groups in total. The molecule has 2 rings (SSSR count). The van der Waals surface area contributed by atoms with Crippen LogP contribution in [0.15, 0.2) is 0 Å².